The van der Waals surface area contributed by atoms with Gasteiger partial charge in [-0.25, -0.2) is 4.39 Å². The molecule has 0 aliphatic carbocycles. The lowest BCUT2D eigenvalue weighted by molar-refractivity contribution is -0.116. The van der Waals surface area contributed by atoms with E-state index in [-0.39, 0.29) is 18.1 Å². The van der Waals surface area contributed by atoms with Crippen molar-refractivity contribution in [2.75, 3.05) is 19.5 Å². The summed E-state index contributed by atoms with van der Waals surface area (Å²) in [6.45, 7) is 0. The first-order valence-electron chi connectivity index (χ1n) is 8.19. The van der Waals surface area contributed by atoms with Crippen molar-refractivity contribution in [1.29, 1.82) is 0 Å². The Balaban J connectivity index is 1.59. The Labute approximate surface area is 160 Å². The minimum Gasteiger partial charge on any atom is -0.497 e. The quantitative estimate of drug-likeness (QED) is 0.665. The van der Waals surface area contributed by atoms with Crippen LogP contribution in [0.4, 0.5) is 9.52 Å². The number of hydrogen-bond donors (Lipinski definition) is 1. The topological polar surface area (TPSA) is 73.3 Å². The number of carbonyl (C=O) groups excluding carboxylic acids is 1. The predicted octanol–water partition coefficient (Wildman–Crippen LogP) is 3.93. The van der Waals surface area contributed by atoms with Crippen LogP contribution in [0.25, 0.3) is 11.4 Å². The van der Waals surface area contributed by atoms with Crippen LogP contribution in [0.15, 0.2) is 42.5 Å². The summed E-state index contributed by atoms with van der Waals surface area (Å²) in [4.78, 5) is 16.5. The zero-order chi connectivity index (χ0) is 19.2. The molecule has 0 radical (unpaired) electrons. The van der Waals surface area contributed by atoms with E-state index in [1.807, 2.05) is 12.1 Å². The molecule has 27 heavy (non-hydrogen) atoms. The van der Waals surface area contributed by atoms with Gasteiger partial charge in [0, 0.05) is 29.6 Å². The molecular weight excluding hydrogens is 369 g/mol. The van der Waals surface area contributed by atoms with Crippen molar-refractivity contribution in [3.05, 3.63) is 53.8 Å². The number of ether oxygens (including phenoxy) is 2. The molecule has 0 aliphatic heterocycles. The fourth-order valence-electron chi connectivity index (χ4n) is 2.44. The van der Waals surface area contributed by atoms with Crippen molar-refractivity contribution in [3.8, 4) is 22.9 Å². The van der Waals surface area contributed by atoms with Crippen LogP contribution in [0.3, 0.4) is 0 Å². The lowest BCUT2D eigenvalue weighted by Crippen LogP contribution is -2.12. The Morgan fingerprint density at radius 1 is 1.11 bits per heavy atom. The van der Waals surface area contributed by atoms with E-state index in [2.05, 4.69) is 14.7 Å². The van der Waals surface area contributed by atoms with Gasteiger partial charge in [0.2, 0.25) is 11.0 Å². The minimum atomic E-state index is -0.323. The highest BCUT2D eigenvalue weighted by Crippen LogP contribution is 2.24. The van der Waals surface area contributed by atoms with Crippen LogP contribution in [-0.2, 0) is 11.2 Å². The molecule has 1 aromatic heterocycles. The monoisotopic (exact) mass is 387 g/mol. The maximum absolute atomic E-state index is 13.0. The summed E-state index contributed by atoms with van der Waals surface area (Å²) in [5, 5.41) is 3.15. The van der Waals surface area contributed by atoms with E-state index in [0.29, 0.717) is 34.4 Å². The zero-order valence-electron chi connectivity index (χ0n) is 14.9. The summed E-state index contributed by atoms with van der Waals surface area (Å²) < 4.78 is 27.6. The highest BCUT2D eigenvalue weighted by Gasteiger charge is 2.11. The number of methoxy groups -OCH3 is 2. The zero-order valence-corrected chi connectivity index (χ0v) is 15.7. The van der Waals surface area contributed by atoms with Gasteiger partial charge in [0.25, 0.3) is 0 Å². The van der Waals surface area contributed by atoms with E-state index in [1.54, 1.807) is 32.4 Å². The fraction of sp³-hybridized carbons (Fsp3) is 0.211. The van der Waals surface area contributed by atoms with Crippen molar-refractivity contribution in [3.63, 3.8) is 0 Å². The first kappa shape index (κ1) is 18.8. The van der Waals surface area contributed by atoms with Crippen molar-refractivity contribution >= 4 is 22.6 Å². The summed E-state index contributed by atoms with van der Waals surface area (Å²) in [6.07, 6.45) is 0.810. The van der Waals surface area contributed by atoms with E-state index in [1.165, 1.54) is 12.1 Å². The highest BCUT2D eigenvalue weighted by molar-refractivity contribution is 7.10. The standard InChI is InChI=1S/C19H18FN3O3S/c1-25-15-9-12(10-16(11-15)26-2)3-8-17(24)21-19-22-18(23-27-19)13-4-6-14(20)7-5-13/h4-7,9-11H,3,8H2,1-2H3,(H,21,22,23,24). The lowest BCUT2D eigenvalue weighted by atomic mass is 10.1. The van der Waals surface area contributed by atoms with Crippen LogP contribution in [0.2, 0.25) is 0 Å². The number of benzene rings is 2. The average Bonchev–Trinajstić information content (AvgIpc) is 3.15. The average molecular weight is 387 g/mol. The third-order valence-electron chi connectivity index (χ3n) is 3.83. The Bertz CT molecular complexity index is 906. The second kappa shape index (κ2) is 8.59. The smallest absolute Gasteiger partial charge is 0.226 e. The number of aryl methyl sites for hydroxylation is 1. The normalized spacial score (nSPS) is 10.5. The number of nitrogens with one attached hydrogen (secondary N) is 1. The molecule has 0 saturated carbocycles. The molecule has 1 amide bonds. The molecule has 3 aromatic rings. The molecular formula is C19H18FN3O3S. The Morgan fingerprint density at radius 2 is 1.78 bits per heavy atom. The van der Waals surface area contributed by atoms with Gasteiger partial charge in [-0.3, -0.25) is 4.79 Å². The number of halogens is 1. The SMILES string of the molecule is COc1cc(CCC(=O)Nc2nc(-c3ccc(F)cc3)ns2)cc(OC)c1. The summed E-state index contributed by atoms with van der Waals surface area (Å²) in [5.74, 6) is 1.32. The van der Waals surface area contributed by atoms with Gasteiger partial charge in [-0.2, -0.15) is 9.36 Å². The minimum absolute atomic E-state index is 0.168. The predicted molar refractivity (Wildman–Crippen MR) is 102 cm³/mol. The number of rotatable bonds is 7. The molecule has 3 rings (SSSR count). The largest absolute Gasteiger partial charge is 0.497 e. The number of carbonyl (C=O) groups is 1. The van der Waals surface area contributed by atoms with Crippen LogP contribution >= 0.6 is 11.5 Å². The van der Waals surface area contributed by atoms with Gasteiger partial charge >= 0.3 is 0 Å². The summed E-state index contributed by atoms with van der Waals surface area (Å²) >= 11 is 1.08. The molecule has 140 valence electrons. The maximum atomic E-state index is 13.0. The number of hydrogen-bond acceptors (Lipinski definition) is 6. The van der Waals surface area contributed by atoms with Gasteiger partial charge in [0.15, 0.2) is 5.82 Å². The van der Waals surface area contributed by atoms with E-state index in [9.17, 15) is 9.18 Å². The molecule has 2 aromatic carbocycles. The van der Waals surface area contributed by atoms with Crippen LogP contribution in [-0.4, -0.2) is 29.5 Å². The van der Waals surface area contributed by atoms with Crippen molar-refractivity contribution < 1.29 is 18.7 Å². The number of anilines is 1. The summed E-state index contributed by atoms with van der Waals surface area (Å²) in [6, 6.07) is 11.4. The van der Waals surface area contributed by atoms with Crippen molar-refractivity contribution in [2.24, 2.45) is 0 Å². The van der Waals surface area contributed by atoms with Crippen molar-refractivity contribution in [1.82, 2.24) is 9.36 Å². The summed E-state index contributed by atoms with van der Waals surface area (Å²) in [5.41, 5.74) is 1.63. The fourth-order valence-corrected chi connectivity index (χ4v) is 3.05. The molecule has 0 unspecified atom stereocenters. The maximum Gasteiger partial charge on any atom is 0.226 e. The van der Waals surface area contributed by atoms with Gasteiger partial charge in [-0.1, -0.05) is 0 Å². The number of aromatic nitrogens is 2. The van der Waals surface area contributed by atoms with Gasteiger partial charge < -0.3 is 14.8 Å². The molecule has 0 bridgehead atoms. The second-order valence-electron chi connectivity index (χ2n) is 5.70. The van der Waals surface area contributed by atoms with Crippen LogP contribution in [0.1, 0.15) is 12.0 Å². The molecule has 6 nitrogen and oxygen atoms in total. The van der Waals surface area contributed by atoms with E-state index in [4.69, 9.17) is 9.47 Å². The number of nitrogens with zero attached hydrogens (tertiary/aromatic N) is 2. The number of amides is 1. The first-order chi connectivity index (χ1) is 13.1. The molecule has 1 heterocycles. The van der Waals surface area contributed by atoms with Crippen LogP contribution < -0.4 is 14.8 Å². The van der Waals surface area contributed by atoms with Crippen LogP contribution in [0, 0.1) is 5.82 Å². The van der Waals surface area contributed by atoms with E-state index < -0.39 is 0 Å². The molecule has 0 atom stereocenters. The second-order valence-corrected chi connectivity index (χ2v) is 6.45. The van der Waals surface area contributed by atoms with E-state index in [0.717, 1.165) is 17.1 Å². The Kier molecular flexibility index (Phi) is 5.97. The van der Waals surface area contributed by atoms with Gasteiger partial charge in [-0.15, -0.1) is 0 Å². The van der Waals surface area contributed by atoms with Crippen LogP contribution in [0.5, 0.6) is 11.5 Å². The molecule has 0 aliphatic rings. The summed E-state index contributed by atoms with van der Waals surface area (Å²) in [7, 11) is 3.17. The molecule has 0 fully saturated rings. The lowest BCUT2D eigenvalue weighted by Gasteiger charge is -2.08. The van der Waals surface area contributed by atoms with Gasteiger partial charge in [-0.05, 0) is 48.4 Å². The third-order valence-corrected chi connectivity index (χ3v) is 4.46. The Morgan fingerprint density at radius 3 is 2.41 bits per heavy atom. The third kappa shape index (κ3) is 5.01. The first-order valence-corrected chi connectivity index (χ1v) is 8.96. The van der Waals surface area contributed by atoms with Gasteiger partial charge in [0.1, 0.15) is 17.3 Å². The van der Waals surface area contributed by atoms with Crippen molar-refractivity contribution in [2.45, 2.75) is 12.8 Å². The van der Waals surface area contributed by atoms with Gasteiger partial charge in [0.05, 0.1) is 14.2 Å². The molecule has 0 spiro atoms. The highest BCUT2D eigenvalue weighted by atomic mass is 32.1. The molecule has 8 heteroatoms. The van der Waals surface area contributed by atoms with E-state index >= 15 is 0 Å². The Hall–Kier alpha value is -3.00. The molecule has 0 saturated heterocycles. The molecule has 1 N–H and O–H groups in total.